The minimum absolute atomic E-state index is 0.0212. The number of nitrogens with zero attached hydrogens (tertiary/aromatic N) is 2. The Balaban J connectivity index is 1.84. The van der Waals surface area contributed by atoms with Gasteiger partial charge in [-0.05, 0) is 24.3 Å². The third-order valence-electron chi connectivity index (χ3n) is 2.85. The zero-order valence-corrected chi connectivity index (χ0v) is 13.3. The first kappa shape index (κ1) is 15.1. The van der Waals surface area contributed by atoms with Gasteiger partial charge in [-0.15, -0.1) is 21.5 Å². The molecule has 1 amide bonds. The lowest BCUT2D eigenvalue weighted by atomic mass is 10.1. The van der Waals surface area contributed by atoms with Crippen molar-refractivity contribution in [3.05, 3.63) is 17.5 Å². The topological polar surface area (TPSA) is 68.0 Å². The highest BCUT2D eigenvalue weighted by Crippen LogP contribution is 2.26. The molecule has 0 bridgehead atoms. The summed E-state index contributed by atoms with van der Waals surface area (Å²) in [5, 5.41) is 13.2. The summed E-state index contributed by atoms with van der Waals surface area (Å²) in [5.74, 6) is 1.17. The number of thiophene rings is 1. The molecule has 2 rings (SSSR count). The summed E-state index contributed by atoms with van der Waals surface area (Å²) < 4.78 is 5.50. The smallest absolute Gasteiger partial charge is 0.277 e. The van der Waals surface area contributed by atoms with Crippen LogP contribution in [0.2, 0.25) is 0 Å². The Kier molecular flexibility index (Phi) is 5.19. The van der Waals surface area contributed by atoms with E-state index in [1.54, 1.807) is 11.3 Å². The minimum Gasteiger partial charge on any atom is -0.410 e. The van der Waals surface area contributed by atoms with Gasteiger partial charge in [0.25, 0.3) is 11.1 Å². The fourth-order valence-electron chi connectivity index (χ4n) is 1.36. The summed E-state index contributed by atoms with van der Waals surface area (Å²) in [5.41, 5.74) is 0. The number of hydrogen-bond acceptors (Lipinski definition) is 6. The van der Waals surface area contributed by atoms with Gasteiger partial charge in [-0.3, -0.25) is 4.79 Å². The molecular formula is C13H17N3O2S2. The maximum Gasteiger partial charge on any atom is 0.277 e. The van der Waals surface area contributed by atoms with Crippen molar-refractivity contribution >= 4 is 29.0 Å². The van der Waals surface area contributed by atoms with Crippen LogP contribution in [0.15, 0.2) is 27.2 Å². The molecule has 7 heteroatoms. The maximum absolute atomic E-state index is 11.7. The first-order valence-electron chi connectivity index (χ1n) is 6.36. The predicted molar refractivity (Wildman–Crippen MR) is 80.8 cm³/mol. The molecule has 1 atom stereocenters. The van der Waals surface area contributed by atoms with Crippen LogP contribution in [0, 0.1) is 5.92 Å². The van der Waals surface area contributed by atoms with E-state index in [2.05, 4.69) is 29.4 Å². The van der Waals surface area contributed by atoms with Gasteiger partial charge in [0.05, 0.1) is 10.6 Å². The van der Waals surface area contributed by atoms with Crippen LogP contribution >= 0.6 is 23.1 Å². The van der Waals surface area contributed by atoms with E-state index >= 15 is 0 Å². The van der Waals surface area contributed by atoms with Crippen LogP contribution in [0.1, 0.15) is 20.8 Å². The van der Waals surface area contributed by atoms with Gasteiger partial charge >= 0.3 is 0 Å². The van der Waals surface area contributed by atoms with E-state index in [-0.39, 0.29) is 17.7 Å². The number of aromatic nitrogens is 2. The predicted octanol–water partition coefficient (Wildman–Crippen LogP) is 3.05. The van der Waals surface area contributed by atoms with Crippen LogP contribution < -0.4 is 5.32 Å². The van der Waals surface area contributed by atoms with Crippen molar-refractivity contribution in [2.45, 2.75) is 32.0 Å². The van der Waals surface area contributed by atoms with Crippen molar-refractivity contribution in [1.82, 2.24) is 15.5 Å². The van der Waals surface area contributed by atoms with E-state index in [9.17, 15) is 4.79 Å². The van der Waals surface area contributed by atoms with Gasteiger partial charge < -0.3 is 9.73 Å². The van der Waals surface area contributed by atoms with Crippen LogP contribution in [0.25, 0.3) is 10.8 Å². The quantitative estimate of drug-likeness (QED) is 0.830. The summed E-state index contributed by atoms with van der Waals surface area (Å²) >= 11 is 2.79. The Labute approximate surface area is 126 Å². The number of thioether (sulfide) groups is 1. The fraction of sp³-hybridized carbons (Fsp3) is 0.462. The highest BCUT2D eigenvalue weighted by Gasteiger charge is 2.14. The maximum atomic E-state index is 11.7. The van der Waals surface area contributed by atoms with Crippen LogP contribution in [0.5, 0.6) is 0 Å². The van der Waals surface area contributed by atoms with E-state index in [0.29, 0.717) is 17.0 Å². The highest BCUT2D eigenvalue weighted by molar-refractivity contribution is 7.99. The van der Waals surface area contributed by atoms with Gasteiger partial charge in [0.15, 0.2) is 0 Å². The SMILES string of the molecule is CC(C)[C@H](C)NC(=O)CSc1nnc(-c2cccs2)o1. The molecule has 0 aliphatic rings. The second kappa shape index (κ2) is 6.90. The summed E-state index contributed by atoms with van der Waals surface area (Å²) in [4.78, 5) is 12.7. The third kappa shape index (κ3) is 4.08. The molecule has 0 unspecified atom stereocenters. The zero-order valence-electron chi connectivity index (χ0n) is 11.6. The Bertz CT molecular complexity index is 552. The molecule has 1 N–H and O–H groups in total. The van der Waals surface area contributed by atoms with E-state index in [0.717, 1.165) is 4.88 Å². The molecule has 2 heterocycles. The number of amides is 1. The van der Waals surface area contributed by atoms with E-state index < -0.39 is 0 Å². The molecule has 0 saturated heterocycles. The van der Waals surface area contributed by atoms with Crippen LogP contribution in [-0.4, -0.2) is 27.9 Å². The van der Waals surface area contributed by atoms with Crippen molar-refractivity contribution in [2.75, 3.05) is 5.75 Å². The van der Waals surface area contributed by atoms with Crippen molar-refractivity contribution in [3.63, 3.8) is 0 Å². The fourth-order valence-corrected chi connectivity index (χ4v) is 2.58. The summed E-state index contributed by atoms with van der Waals surface area (Å²) in [6.45, 7) is 6.14. The van der Waals surface area contributed by atoms with Gasteiger partial charge in [-0.25, -0.2) is 0 Å². The Morgan fingerprint density at radius 3 is 2.90 bits per heavy atom. The highest BCUT2D eigenvalue weighted by atomic mass is 32.2. The van der Waals surface area contributed by atoms with Crippen molar-refractivity contribution in [1.29, 1.82) is 0 Å². The zero-order chi connectivity index (χ0) is 14.5. The van der Waals surface area contributed by atoms with Crippen molar-refractivity contribution < 1.29 is 9.21 Å². The van der Waals surface area contributed by atoms with E-state index in [1.165, 1.54) is 11.8 Å². The molecule has 0 aliphatic carbocycles. The van der Waals surface area contributed by atoms with Gasteiger partial charge in [-0.2, -0.15) is 0 Å². The lowest BCUT2D eigenvalue weighted by Crippen LogP contribution is -2.37. The number of hydrogen-bond donors (Lipinski definition) is 1. The van der Waals surface area contributed by atoms with Gasteiger partial charge in [0.2, 0.25) is 5.91 Å². The molecule has 0 fully saturated rings. The molecule has 0 aromatic carbocycles. The average molecular weight is 311 g/mol. The second-order valence-corrected chi connectivity index (χ2v) is 6.61. The third-order valence-corrected chi connectivity index (χ3v) is 4.53. The minimum atomic E-state index is -0.0212. The number of nitrogens with one attached hydrogen (secondary N) is 1. The number of carbonyl (C=O) groups is 1. The normalized spacial score (nSPS) is 12.6. The summed E-state index contributed by atoms with van der Waals surface area (Å²) in [6.07, 6.45) is 0. The van der Waals surface area contributed by atoms with Crippen molar-refractivity contribution in [3.8, 4) is 10.8 Å². The molecule has 0 aliphatic heterocycles. The molecule has 0 spiro atoms. The molecule has 2 aromatic rings. The van der Waals surface area contributed by atoms with E-state index in [4.69, 9.17) is 4.42 Å². The first-order valence-corrected chi connectivity index (χ1v) is 8.22. The Morgan fingerprint density at radius 2 is 2.25 bits per heavy atom. The summed E-state index contributed by atoms with van der Waals surface area (Å²) in [7, 11) is 0. The Morgan fingerprint density at radius 1 is 1.45 bits per heavy atom. The molecule has 20 heavy (non-hydrogen) atoms. The molecule has 5 nitrogen and oxygen atoms in total. The molecule has 0 radical (unpaired) electrons. The van der Waals surface area contributed by atoms with Gasteiger partial charge in [0.1, 0.15) is 0 Å². The van der Waals surface area contributed by atoms with E-state index in [1.807, 2.05) is 24.4 Å². The standard InChI is InChI=1S/C13H17N3O2S2/c1-8(2)9(3)14-11(17)7-20-13-16-15-12(18-13)10-5-4-6-19-10/h4-6,8-9H,7H2,1-3H3,(H,14,17)/t9-/m0/s1. The van der Waals surface area contributed by atoms with Crippen molar-refractivity contribution in [2.24, 2.45) is 5.92 Å². The largest absolute Gasteiger partial charge is 0.410 e. The van der Waals surface area contributed by atoms with Crippen LogP contribution in [0.4, 0.5) is 0 Å². The average Bonchev–Trinajstić information content (AvgIpc) is 3.07. The van der Waals surface area contributed by atoms with Gasteiger partial charge in [-0.1, -0.05) is 31.7 Å². The lowest BCUT2D eigenvalue weighted by molar-refractivity contribution is -0.119. The Hall–Kier alpha value is -1.34. The molecule has 0 saturated carbocycles. The molecule has 2 aromatic heterocycles. The lowest BCUT2D eigenvalue weighted by Gasteiger charge is -2.16. The molecule has 108 valence electrons. The number of rotatable bonds is 6. The molecular weight excluding hydrogens is 294 g/mol. The van der Waals surface area contributed by atoms with Crippen LogP contribution in [0.3, 0.4) is 0 Å². The monoisotopic (exact) mass is 311 g/mol. The van der Waals surface area contributed by atoms with Gasteiger partial charge in [0, 0.05) is 6.04 Å². The number of carbonyl (C=O) groups excluding carboxylic acids is 1. The first-order chi connectivity index (χ1) is 9.56. The van der Waals surface area contributed by atoms with Crippen LogP contribution in [-0.2, 0) is 4.79 Å². The summed E-state index contributed by atoms with van der Waals surface area (Å²) in [6, 6.07) is 4.01. The second-order valence-electron chi connectivity index (χ2n) is 4.74.